The van der Waals surface area contributed by atoms with Crippen molar-refractivity contribution in [1.82, 2.24) is 5.43 Å². The van der Waals surface area contributed by atoms with Crippen LogP contribution in [0.2, 0.25) is 0 Å². The first-order valence-electron chi connectivity index (χ1n) is 6.66. The van der Waals surface area contributed by atoms with Gasteiger partial charge in [0.15, 0.2) is 0 Å². The number of rotatable bonds is 3. The van der Waals surface area contributed by atoms with Crippen LogP contribution in [0.1, 0.15) is 27.0 Å². The van der Waals surface area contributed by atoms with Crippen LogP contribution in [-0.2, 0) is 6.18 Å². The second-order valence-corrected chi connectivity index (χ2v) is 5.77. The first-order valence-corrected chi connectivity index (χ1v) is 7.45. The highest BCUT2D eigenvalue weighted by molar-refractivity contribution is 9.10. The van der Waals surface area contributed by atoms with E-state index in [1.165, 1.54) is 6.07 Å². The fraction of sp³-hybridized carbons (Fsp3) is 0.125. The molecule has 2 N–H and O–H groups in total. The first-order chi connectivity index (χ1) is 11.2. The fourth-order valence-electron chi connectivity index (χ4n) is 1.89. The molecule has 0 aliphatic rings. The smallest absolute Gasteiger partial charge is 0.298 e. The molecule has 0 aliphatic heterocycles. The maximum atomic E-state index is 13.0. The second kappa shape index (κ2) is 6.93. The molecule has 0 radical (unpaired) electrons. The van der Waals surface area contributed by atoms with Crippen molar-refractivity contribution in [2.24, 2.45) is 0 Å². The highest BCUT2D eigenvalue weighted by Crippen LogP contribution is 2.35. The number of benzene rings is 2. The summed E-state index contributed by atoms with van der Waals surface area (Å²) in [6, 6.07) is 9.52. The van der Waals surface area contributed by atoms with Gasteiger partial charge in [-0.3, -0.25) is 15.6 Å². The van der Waals surface area contributed by atoms with E-state index in [2.05, 4.69) is 26.8 Å². The summed E-state index contributed by atoms with van der Waals surface area (Å²) in [5.41, 5.74) is 4.18. The van der Waals surface area contributed by atoms with Crippen LogP contribution in [0.4, 0.5) is 18.9 Å². The molecule has 0 atom stereocenters. The van der Waals surface area contributed by atoms with Gasteiger partial charge in [-0.1, -0.05) is 22.0 Å². The van der Waals surface area contributed by atoms with E-state index < -0.39 is 17.6 Å². The molecule has 2 aromatic carbocycles. The van der Waals surface area contributed by atoms with Crippen molar-refractivity contribution < 1.29 is 18.0 Å². The molecule has 0 fully saturated rings. The molecule has 0 saturated carbocycles. The summed E-state index contributed by atoms with van der Waals surface area (Å²) in [6.45, 7) is 1.84. The predicted molar refractivity (Wildman–Crippen MR) is 86.1 cm³/mol. The molecular weight excluding hydrogens is 387 g/mol. The van der Waals surface area contributed by atoms with E-state index in [0.29, 0.717) is 4.47 Å². The lowest BCUT2D eigenvalue weighted by Gasteiger charge is -2.15. The van der Waals surface area contributed by atoms with Crippen LogP contribution in [0.5, 0.6) is 0 Å². The van der Waals surface area contributed by atoms with Crippen molar-refractivity contribution in [3.8, 4) is 6.07 Å². The van der Waals surface area contributed by atoms with Crippen LogP contribution in [-0.4, -0.2) is 5.91 Å². The number of hydrogen-bond acceptors (Lipinski definition) is 3. The van der Waals surface area contributed by atoms with Crippen molar-refractivity contribution in [1.29, 1.82) is 5.26 Å². The summed E-state index contributed by atoms with van der Waals surface area (Å²) in [4.78, 5) is 12.0. The normalized spacial score (nSPS) is 10.8. The molecule has 0 heterocycles. The van der Waals surface area contributed by atoms with E-state index in [-0.39, 0.29) is 16.8 Å². The van der Waals surface area contributed by atoms with E-state index in [1.54, 1.807) is 24.3 Å². The summed E-state index contributed by atoms with van der Waals surface area (Å²) < 4.78 is 39.8. The molecule has 124 valence electrons. The van der Waals surface area contributed by atoms with Gasteiger partial charge >= 0.3 is 6.18 Å². The van der Waals surface area contributed by atoms with E-state index in [4.69, 9.17) is 5.26 Å². The highest BCUT2D eigenvalue weighted by Gasteiger charge is 2.34. The van der Waals surface area contributed by atoms with Gasteiger partial charge in [0.2, 0.25) is 0 Å². The lowest BCUT2D eigenvalue weighted by molar-refractivity contribution is -0.137. The van der Waals surface area contributed by atoms with Crippen molar-refractivity contribution in [2.75, 3.05) is 5.43 Å². The van der Waals surface area contributed by atoms with E-state index in [9.17, 15) is 18.0 Å². The maximum absolute atomic E-state index is 13.0. The summed E-state index contributed by atoms with van der Waals surface area (Å²) in [7, 11) is 0. The number of nitriles is 1. The van der Waals surface area contributed by atoms with Gasteiger partial charge in [0.05, 0.1) is 22.9 Å². The number of hydrazine groups is 1. The lowest BCUT2D eigenvalue weighted by Crippen LogP contribution is -2.30. The summed E-state index contributed by atoms with van der Waals surface area (Å²) in [5, 5.41) is 8.72. The van der Waals surface area contributed by atoms with Crippen LogP contribution in [0.3, 0.4) is 0 Å². The monoisotopic (exact) mass is 397 g/mol. The SMILES string of the molecule is Cc1ccc(C(=O)NNc2ccc(C#N)cc2C(F)(F)F)cc1Br. The van der Waals surface area contributed by atoms with Crippen molar-refractivity contribution >= 4 is 27.5 Å². The third-order valence-corrected chi connectivity index (χ3v) is 4.05. The zero-order valence-electron chi connectivity index (χ0n) is 12.3. The third kappa shape index (κ3) is 4.06. The van der Waals surface area contributed by atoms with Gasteiger partial charge in [-0.2, -0.15) is 18.4 Å². The standard InChI is InChI=1S/C16H11BrF3N3O/c1-9-2-4-11(7-13(9)17)15(24)23-22-14-5-3-10(8-21)6-12(14)16(18,19)20/h2-7,22H,1H3,(H,23,24). The minimum Gasteiger partial charge on any atom is -0.298 e. The quantitative estimate of drug-likeness (QED) is 0.754. The minimum atomic E-state index is -4.66. The van der Waals surface area contributed by atoms with Crippen LogP contribution in [0.25, 0.3) is 0 Å². The number of carbonyl (C=O) groups is 1. The molecule has 1 amide bonds. The van der Waals surface area contributed by atoms with Gasteiger partial charge in [0.25, 0.3) is 5.91 Å². The molecule has 0 saturated heterocycles. The summed E-state index contributed by atoms with van der Waals surface area (Å²) >= 11 is 3.28. The Morgan fingerprint density at radius 3 is 2.50 bits per heavy atom. The molecule has 0 spiro atoms. The Morgan fingerprint density at radius 2 is 1.92 bits per heavy atom. The van der Waals surface area contributed by atoms with Gasteiger partial charge in [-0.25, -0.2) is 0 Å². The average molecular weight is 398 g/mol. The Kier molecular flexibility index (Phi) is 5.14. The molecule has 2 aromatic rings. The van der Waals surface area contributed by atoms with E-state index in [0.717, 1.165) is 17.7 Å². The van der Waals surface area contributed by atoms with E-state index in [1.807, 2.05) is 6.92 Å². The van der Waals surface area contributed by atoms with Gasteiger partial charge < -0.3 is 0 Å². The summed E-state index contributed by atoms with van der Waals surface area (Å²) in [6.07, 6.45) is -4.66. The number of alkyl halides is 3. The number of amides is 1. The van der Waals surface area contributed by atoms with Crippen molar-refractivity contribution in [2.45, 2.75) is 13.1 Å². The molecule has 4 nitrogen and oxygen atoms in total. The second-order valence-electron chi connectivity index (χ2n) is 4.91. The topological polar surface area (TPSA) is 64.9 Å². The van der Waals surface area contributed by atoms with Gasteiger partial charge in [0, 0.05) is 10.0 Å². The first kappa shape index (κ1) is 17.8. The Morgan fingerprint density at radius 1 is 1.21 bits per heavy atom. The van der Waals surface area contributed by atoms with Crippen LogP contribution >= 0.6 is 15.9 Å². The number of nitrogens with one attached hydrogen (secondary N) is 2. The Balaban J connectivity index is 2.21. The molecule has 0 aromatic heterocycles. The van der Waals surface area contributed by atoms with Crippen molar-refractivity contribution in [3.05, 3.63) is 63.1 Å². The molecule has 0 bridgehead atoms. The van der Waals surface area contributed by atoms with Crippen LogP contribution < -0.4 is 10.9 Å². The van der Waals surface area contributed by atoms with Crippen LogP contribution in [0, 0.1) is 18.3 Å². The Labute approximate surface area is 144 Å². The Hall–Kier alpha value is -2.53. The van der Waals surface area contributed by atoms with Crippen LogP contribution in [0.15, 0.2) is 40.9 Å². The fourth-order valence-corrected chi connectivity index (χ4v) is 2.27. The van der Waals surface area contributed by atoms with Crippen molar-refractivity contribution in [3.63, 3.8) is 0 Å². The molecule has 24 heavy (non-hydrogen) atoms. The molecular formula is C16H11BrF3N3O. The third-order valence-electron chi connectivity index (χ3n) is 3.20. The highest BCUT2D eigenvalue weighted by atomic mass is 79.9. The number of aryl methyl sites for hydroxylation is 1. The Bertz CT molecular complexity index is 828. The maximum Gasteiger partial charge on any atom is 0.418 e. The van der Waals surface area contributed by atoms with Gasteiger partial charge in [-0.05, 0) is 42.8 Å². The molecule has 0 unspecified atom stereocenters. The molecule has 8 heteroatoms. The predicted octanol–water partition coefficient (Wildman–Crippen LogP) is 4.40. The number of halogens is 4. The average Bonchev–Trinajstić information content (AvgIpc) is 2.54. The number of carbonyl (C=O) groups excluding carboxylic acids is 1. The van der Waals surface area contributed by atoms with Gasteiger partial charge in [-0.15, -0.1) is 0 Å². The lowest BCUT2D eigenvalue weighted by atomic mass is 10.1. The molecule has 2 rings (SSSR count). The molecule has 0 aliphatic carbocycles. The number of anilines is 1. The summed E-state index contributed by atoms with van der Waals surface area (Å²) in [5.74, 6) is -0.590. The number of nitrogens with zero attached hydrogens (tertiary/aromatic N) is 1. The largest absolute Gasteiger partial charge is 0.418 e. The minimum absolute atomic E-state index is 0.123. The number of hydrogen-bond donors (Lipinski definition) is 2. The zero-order chi connectivity index (χ0) is 17.9. The zero-order valence-corrected chi connectivity index (χ0v) is 13.9. The van der Waals surface area contributed by atoms with Gasteiger partial charge in [0.1, 0.15) is 0 Å². The van der Waals surface area contributed by atoms with E-state index >= 15 is 0 Å².